The lowest BCUT2D eigenvalue weighted by Gasteiger charge is -2.34. The summed E-state index contributed by atoms with van der Waals surface area (Å²) in [4.78, 5) is 11.4. The normalized spacial score (nSPS) is 13.0. The number of anilines is 1. The number of urea groups is 1. The van der Waals surface area contributed by atoms with E-state index in [1.807, 2.05) is 0 Å². The number of carbonyl (C=O) groups is 1. The van der Waals surface area contributed by atoms with Crippen molar-refractivity contribution in [3.05, 3.63) is 29.0 Å². The van der Waals surface area contributed by atoms with Crippen LogP contribution in [-0.2, 0) is 0 Å². The van der Waals surface area contributed by atoms with Crippen LogP contribution in [0.2, 0.25) is 5.02 Å². The summed E-state index contributed by atoms with van der Waals surface area (Å²) in [7, 11) is 0. The summed E-state index contributed by atoms with van der Waals surface area (Å²) in [6.45, 7) is -0.218. The van der Waals surface area contributed by atoms with E-state index in [2.05, 4.69) is 0 Å². The minimum absolute atomic E-state index is 0.218. The van der Waals surface area contributed by atoms with Crippen molar-refractivity contribution in [2.45, 2.75) is 24.8 Å². The second kappa shape index (κ2) is 5.82. The van der Waals surface area contributed by atoms with Crippen LogP contribution in [0.5, 0.6) is 0 Å². The van der Waals surface area contributed by atoms with Gasteiger partial charge in [0.1, 0.15) is 5.82 Å². The maximum atomic E-state index is 12.9. The highest BCUT2D eigenvalue weighted by Gasteiger charge is 2.68. The van der Waals surface area contributed by atoms with E-state index in [0.29, 0.717) is 0 Å². The zero-order valence-electron chi connectivity index (χ0n) is 10.7. The van der Waals surface area contributed by atoms with Gasteiger partial charge < -0.3 is 10.6 Å². The number of hydrogen-bond donors (Lipinski definition) is 2. The monoisotopic (exact) mass is 352 g/mol. The number of nitrogens with one attached hydrogen (secondary N) is 2. The molecule has 3 nitrogen and oxygen atoms in total. The Morgan fingerprint density at radius 1 is 1.09 bits per heavy atom. The molecule has 0 fully saturated rings. The molecule has 2 amide bonds. The van der Waals surface area contributed by atoms with Crippen LogP contribution in [0.4, 0.5) is 41.2 Å². The van der Waals surface area contributed by atoms with E-state index in [-0.39, 0.29) is 12.6 Å². The highest BCUT2D eigenvalue weighted by Crippen LogP contribution is 2.42. The Morgan fingerprint density at radius 2 is 1.59 bits per heavy atom. The molecule has 124 valence electrons. The van der Waals surface area contributed by atoms with E-state index in [9.17, 15) is 35.5 Å². The number of alkyl halides is 6. The van der Waals surface area contributed by atoms with Crippen molar-refractivity contribution >= 4 is 23.3 Å². The Kier molecular flexibility index (Phi) is 4.85. The molecule has 0 atom stereocenters. The molecule has 1 aromatic rings. The summed E-state index contributed by atoms with van der Waals surface area (Å²) < 4.78 is 88.4. The zero-order valence-corrected chi connectivity index (χ0v) is 11.4. The van der Waals surface area contributed by atoms with Crippen molar-refractivity contribution in [2.75, 3.05) is 5.32 Å². The molecule has 2 N–H and O–H groups in total. The number of halogens is 8. The van der Waals surface area contributed by atoms with E-state index in [4.69, 9.17) is 11.6 Å². The van der Waals surface area contributed by atoms with Crippen molar-refractivity contribution in [2.24, 2.45) is 0 Å². The summed E-state index contributed by atoms with van der Waals surface area (Å²) in [6.07, 6.45) is -11.5. The highest BCUT2D eigenvalue weighted by atomic mass is 35.5. The molecule has 0 aliphatic carbocycles. The van der Waals surface area contributed by atoms with Crippen LogP contribution in [0.25, 0.3) is 0 Å². The van der Waals surface area contributed by atoms with Gasteiger partial charge >= 0.3 is 18.4 Å². The molecule has 0 unspecified atom stereocenters. The highest BCUT2D eigenvalue weighted by molar-refractivity contribution is 6.31. The molecular formula is C11H8ClF7N2O. The first-order valence-corrected chi connectivity index (χ1v) is 5.83. The van der Waals surface area contributed by atoms with Gasteiger partial charge in [0.2, 0.25) is 5.54 Å². The number of hydrogen-bond acceptors (Lipinski definition) is 1. The fourth-order valence-corrected chi connectivity index (χ4v) is 1.45. The van der Waals surface area contributed by atoms with Crippen molar-refractivity contribution in [1.29, 1.82) is 0 Å². The van der Waals surface area contributed by atoms with Gasteiger partial charge in [0.25, 0.3) is 0 Å². The molecule has 0 saturated heterocycles. The van der Waals surface area contributed by atoms with Crippen LogP contribution in [-0.4, -0.2) is 23.9 Å². The van der Waals surface area contributed by atoms with Gasteiger partial charge in [-0.3, -0.25) is 0 Å². The average Bonchev–Trinajstić information content (AvgIpc) is 2.30. The lowest BCUT2D eigenvalue weighted by molar-refractivity contribution is -0.297. The molecule has 0 aromatic heterocycles. The molecule has 0 aliphatic rings. The van der Waals surface area contributed by atoms with E-state index >= 15 is 0 Å². The topological polar surface area (TPSA) is 41.1 Å². The van der Waals surface area contributed by atoms with Crippen LogP contribution >= 0.6 is 11.6 Å². The Morgan fingerprint density at radius 3 is 2.00 bits per heavy atom. The first-order chi connectivity index (χ1) is 9.78. The molecular weight excluding hydrogens is 345 g/mol. The Hall–Kier alpha value is -1.71. The molecule has 0 bridgehead atoms. The Bertz CT molecular complexity index is 557. The lowest BCUT2D eigenvalue weighted by Crippen LogP contribution is -2.66. The molecule has 0 spiro atoms. The number of benzene rings is 1. The summed E-state index contributed by atoms with van der Waals surface area (Å²) in [5.41, 5.74) is -4.73. The minimum Gasteiger partial charge on any atom is -0.316 e. The van der Waals surface area contributed by atoms with Crippen LogP contribution in [0.3, 0.4) is 0 Å². The maximum absolute atomic E-state index is 12.9. The average molecular weight is 353 g/mol. The van der Waals surface area contributed by atoms with E-state index in [1.54, 1.807) is 5.32 Å². The van der Waals surface area contributed by atoms with Crippen molar-refractivity contribution in [3.8, 4) is 0 Å². The van der Waals surface area contributed by atoms with Gasteiger partial charge in [0.05, 0.1) is 5.02 Å². The van der Waals surface area contributed by atoms with Gasteiger partial charge in [-0.15, -0.1) is 0 Å². The standard InChI is InChI=1S/C11H8ClF7N2O/c1-9(10(14,15)16,11(17,18)19)21-8(22)20-5-2-3-7(13)6(12)4-5/h2-4H,1H3,(H2,20,21,22). The smallest absolute Gasteiger partial charge is 0.316 e. The third-order valence-corrected chi connectivity index (χ3v) is 2.96. The molecule has 0 heterocycles. The quantitative estimate of drug-likeness (QED) is 0.757. The predicted octanol–water partition coefficient (Wildman–Crippen LogP) is 4.48. The molecule has 1 aromatic carbocycles. The number of carbonyl (C=O) groups excluding carboxylic acids is 1. The Balaban J connectivity index is 2.96. The van der Waals surface area contributed by atoms with E-state index in [0.717, 1.165) is 23.5 Å². The predicted molar refractivity (Wildman–Crippen MR) is 64.1 cm³/mol. The van der Waals surface area contributed by atoms with Crippen LogP contribution in [0.1, 0.15) is 6.92 Å². The summed E-state index contributed by atoms with van der Waals surface area (Å²) >= 11 is 5.37. The van der Waals surface area contributed by atoms with E-state index < -0.39 is 34.8 Å². The van der Waals surface area contributed by atoms with Gasteiger partial charge in [-0.1, -0.05) is 11.6 Å². The molecule has 1 rings (SSSR count). The molecule has 0 saturated carbocycles. The zero-order chi connectivity index (χ0) is 17.3. The van der Waals surface area contributed by atoms with Crippen LogP contribution < -0.4 is 10.6 Å². The molecule has 0 radical (unpaired) electrons. The summed E-state index contributed by atoms with van der Waals surface area (Å²) in [5.74, 6) is -0.872. The van der Waals surface area contributed by atoms with Gasteiger partial charge in [0, 0.05) is 5.69 Å². The third kappa shape index (κ3) is 3.73. The van der Waals surface area contributed by atoms with Gasteiger partial charge in [-0.25, -0.2) is 9.18 Å². The van der Waals surface area contributed by atoms with Crippen molar-refractivity contribution in [1.82, 2.24) is 5.32 Å². The minimum atomic E-state index is -5.77. The van der Waals surface area contributed by atoms with Crippen LogP contribution in [0.15, 0.2) is 18.2 Å². The largest absolute Gasteiger partial charge is 0.420 e. The van der Waals surface area contributed by atoms with Crippen molar-refractivity contribution < 1.29 is 35.5 Å². The van der Waals surface area contributed by atoms with Crippen molar-refractivity contribution in [3.63, 3.8) is 0 Å². The van der Waals surface area contributed by atoms with Crippen LogP contribution in [0, 0.1) is 5.82 Å². The van der Waals surface area contributed by atoms with Gasteiger partial charge in [-0.05, 0) is 25.1 Å². The first kappa shape index (κ1) is 18.3. The lowest BCUT2D eigenvalue weighted by atomic mass is 10.0. The third-order valence-electron chi connectivity index (χ3n) is 2.67. The second-order valence-electron chi connectivity index (χ2n) is 4.33. The molecule has 11 heteroatoms. The number of rotatable bonds is 2. The molecule has 22 heavy (non-hydrogen) atoms. The maximum Gasteiger partial charge on any atom is 0.420 e. The molecule has 0 aliphatic heterocycles. The fourth-order valence-electron chi connectivity index (χ4n) is 1.27. The number of amides is 2. The summed E-state index contributed by atoms with van der Waals surface area (Å²) in [6, 6.07) is 0.749. The Labute approximate surface area is 124 Å². The van der Waals surface area contributed by atoms with E-state index in [1.165, 1.54) is 0 Å². The first-order valence-electron chi connectivity index (χ1n) is 5.45. The SMILES string of the molecule is CC(NC(=O)Nc1ccc(F)c(Cl)c1)(C(F)(F)F)C(F)(F)F. The fraction of sp³-hybridized carbons (Fsp3) is 0.364. The second-order valence-corrected chi connectivity index (χ2v) is 4.74. The van der Waals surface area contributed by atoms with Gasteiger partial charge in [-0.2, -0.15) is 26.3 Å². The summed E-state index contributed by atoms with van der Waals surface area (Å²) in [5, 5.41) is 2.06. The van der Waals surface area contributed by atoms with Gasteiger partial charge in [0.15, 0.2) is 0 Å².